The lowest BCUT2D eigenvalue weighted by Crippen LogP contribution is -2.26. The van der Waals surface area contributed by atoms with Crippen LogP contribution in [0.4, 0.5) is 5.69 Å². The summed E-state index contributed by atoms with van der Waals surface area (Å²) in [4.78, 5) is 25.8. The maximum atomic E-state index is 12.5. The predicted octanol–water partition coefficient (Wildman–Crippen LogP) is 3.38. The molecule has 0 aromatic heterocycles. The van der Waals surface area contributed by atoms with E-state index in [0.717, 1.165) is 28.8 Å². The van der Waals surface area contributed by atoms with Crippen molar-refractivity contribution in [2.45, 2.75) is 13.3 Å². The van der Waals surface area contributed by atoms with E-state index in [4.69, 9.17) is 4.74 Å². The molecule has 0 N–H and O–H groups in total. The van der Waals surface area contributed by atoms with Crippen molar-refractivity contribution in [3.05, 3.63) is 70.8 Å². The van der Waals surface area contributed by atoms with Crippen molar-refractivity contribution in [2.24, 2.45) is 0 Å². The van der Waals surface area contributed by atoms with Gasteiger partial charge in [0.05, 0.1) is 12.7 Å². The van der Waals surface area contributed by atoms with Gasteiger partial charge in [-0.05, 0) is 48.7 Å². The molecule has 3 rings (SSSR count). The Bertz CT molecular complexity index is 823. The van der Waals surface area contributed by atoms with Crippen LogP contribution in [0, 0.1) is 6.92 Å². The number of amides is 1. The van der Waals surface area contributed by atoms with E-state index in [2.05, 4.69) is 0 Å². The SMILES string of the molecule is COC(=O)c1ccc2c(c1)CCN2C(=O)/C=C/c1cccc(C)c1. The number of fused-ring (bicyclic) bond motifs is 1. The molecule has 2 aromatic carbocycles. The number of methoxy groups -OCH3 is 1. The van der Waals surface area contributed by atoms with Crippen LogP contribution in [0.5, 0.6) is 0 Å². The molecule has 4 nitrogen and oxygen atoms in total. The van der Waals surface area contributed by atoms with Gasteiger partial charge in [-0.15, -0.1) is 0 Å². The molecule has 0 atom stereocenters. The van der Waals surface area contributed by atoms with Crippen molar-refractivity contribution < 1.29 is 14.3 Å². The lowest BCUT2D eigenvalue weighted by Gasteiger charge is -2.15. The smallest absolute Gasteiger partial charge is 0.337 e. The molecule has 1 aliphatic rings. The van der Waals surface area contributed by atoms with E-state index >= 15 is 0 Å². The summed E-state index contributed by atoms with van der Waals surface area (Å²) >= 11 is 0. The van der Waals surface area contributed by atoms with E-state index in [1.807, 2.05) is 43.3 Å². The van der Waals surface area contributed by atoms with Crippen molar-refractivity contribution in [3.63, 3.8) is 0 Å². The van der Waals surface area contributed by atoms with Gasteiger partial charge in [0.1, 0.15) is 0 Å². The zero-order valence-corrected chi connectivity index (χ0v) is 13.8. The third-order valence-electron chi connectivity index (χ3n) is 4.12. The van der Waals surface area contributed by atoms with E-state index in [1.54, 1.807) is 23.1 Å². The van der Waals surface area contributed by atoms with Crippen molar-refractivity contribution in [3.8, 4) is 0 Å². The molecule has 0 saturated heterocycles. The van der Waals surface area contributed by atoms with Gasteiger partial charge >= 0.3 is 5.97 Å². The minimum absolute atomic E-state index is 0.0546. The Morgan fingerprint density at radius 1 is 1.17 bits per heavy atom. The Hall–Kier alpha value is -2.88. The largest absolute Gasteiger partial charge is 0.465 e. The highest BCUT2D eigenvalue weighted by atomic mass is 16.5. The van der Waals surface area contributed by atoms with Crippen molar-refractivity contribution in [2.75, 3.05) is 18.6 Å². The van der Waals surface area contributed by atoms with Crippen LogP contribution < -0.4 is 4.90 Å². The number of esters is 1. The molecular weight excluding hydrogens is 302 g/mol. The topological polar surface area (TPSA) is 46.6 Å². The molecule has 0 spiro atoms. The Morgan fingerprint density at radius 3 is 2.75 bits per heavy atom. The number of carbonyl (C=O) groups is 2. The number of aryl methyl sites for hydroxylation is 1. The van der Waals surface area contributed by atoms with Gasteiger partial charge in [0.25, 0.3) is 5.91 Å². The monoisotopic (exact) mass is 321 g/mol. The molecule has 1 amide bonds. The van der Waals surface area contributed by atoms with Gasteiger partial charge in [-0.25, -0.2) is 4.79 Å². The second-order valence-electron chi connectivity index (χ2n) is 5.82. The summed E-state index contributed by atoms with van der Waals surface area (Å²) in [5.74, 6) is -0.414. The zero-order chi connectivity index (χ0) is 17.1. The van der Waals surface area contributed by atoms with Crippen LogP contribution in [-0.2, 0) is 16.0 Å². The fraction of sp³-hybridized carbons (Fsp3) is 0.200. The van der Waals surface area contributed by atoms with Crippen molar-refractivity contribution in [1.82, 2.24) is 0 Å². The van der Waals surface area contributed by atoms with Gasteiger partial charge in [-0.2, -0.15) is 0 Å². The average molecular weight is 321 g/mol. The number of hydrogen-bond acceptors (Lipinski definition) is 3. The molecule has 0 radical (unpaired) electrons. The normalized spacial score (nSPS) is 13.2. The van der Waals surface area contributed by atoms with Crippen molar-refractivity contribution in [1.29, 1.82) is 0 Å². The Morgan fingerprint density at radius 2 is 2.00 bits per heavy atom. The third kappa shape index (κ3) is 3.23. The van der Waals surface area contributed by atoms with Gasteiger partial charge in [0.15, 0.2) is 0 Å². The maximum absolute atomic E-state index is 12.5. The van der Waals surface area contributed by atoms with Crippen LogP contribution in [0.25, 0.3) is 6.08 Å². The van der Waals surface area contributed by atoms with Gasteiger partial charge in [0.2, 0.25) is 0 Å². The molecule has 1 aliphatic heterocycles. The zero-order valence-electron chi connectivity index (χ0n) is 13.8. The van der Waals surface area contributed by atoms with Crippen LogP contribution in [0.1, 0.15) is 27.0 Å². The summed E-state index contributed by atoms with van der Waals surface area (Å²) in [7, 11) is 1.36. The summed E-state index contributed by atoms with van der Waals surface area (Å²) in [5.41, 5.74) is 4.54. The number of rotatable bonds is 3. The van der Waals surface area contributed by atoms with Crippen molar-refractivity contribution >= 4 is 23.6 Å². The quantitative estimate of drug-likeness (QED) is 0.643. The number of nitrogens with zero attached hydrogens (tertiary/aromatic N) is 1. The van der Waals surface area contributed by atoms with Gasteiger partial charge in [0, 0.05) is 18.3 Å². The Balaban J connectivity index is 1.78. The molecule has 0 bridgehead atoms. The average Bonchev–Trinajstić information content (AvgIpc) is 3.02. The molecule has 122 valence electrons. The first kappa shape index (κ1) is 16.0. The summed E-state index contributed by atoms with van der Waals surface area (Å²) in [6.07, 6.45) is 4.17. The van der Waals surface area contributed by atoms with E-state index in [1.165, 1.54) is 7.11 Å². The van der Waals surface area contributed by atoms with Gasteiger partial charge < -0.3 is 9.64 Å². The van der Waals surface area contributed by atoms with Crippen LogP contribution in [0.3, 0.4) is 0 Å². The van der Waals surface area contributed by atoms with E-state index < -0.39 is 0 Å². The summed E-state index contributed by atoms with van der Waals surface area (Å²) in [6.45, 7) is 2.64. The first-order valence-corrected chi connectivity index (χ1v) is 7.86. The Kier molecular flexibility index (Phi) is 4.47. The molecule has 0 aliphatic carbocycles. The first-order chi connectivity index (χ1) is 11.6. The van der Waals surface area contributed by atoms with Crippen LogP contribution in [-0.4, -0.2) is 25.5 Å². The highest BCUT2D eigenvalue weighted by molar-refractivity contribution is 6.05. The maximum Gasteiger partial charge on any atom is 0.337 e. The summed E-state index contributed by atoms with van der Waals surface area (Å²) in [6, 6.07) is 13.3. The van der Waals surface area contributed by atoms with E-state index in [0.29, 0.717) is 12.1 Å². The Labute approximate surface area is 141 Å². The summed E-state index contributed by atoms with van der Waals surface area (Å²) < 4.78 is 4.74. The highest BCUT2D eigenvalue weighted by Gasteiger charge is 2.24. The third-order valence-corrected chi connectivity index (χ3v) is 4.12. The van der Waals surface area contributed by atoms with Gasteiger partial charge in [-0.1, -0.05) is 29.8 Å². The molecule has 2 aromatic rings. The second-order valence-corrected chi connectivity index (χ2v) is 5.82. The standard InChI is InChI=1S/C20H19NO3/c1-14-4-3-5-15(12-14)6-9-19(22)21-11-10-16-13-17(20(23)24-2)7-8-18(16)21/h3-9,12-13H,10-11H2,1-2H3/b9-6+. The number of benzene rings is 2. The van der Waals surface area contributed by atoms with E-state index in [9.17, 15) is 9.59 Å². The minimum Gasteiger partial charge on any atom is -0.465 e. The molecule has 4 heteroatoms. The molecule has 0 fully saturated rings. The number of hydrogen-bond donors (Lipinski definition) is 0. The van der Waals surface area contributed by atoms with Crippen LogP contribution in [0.15, 0.2) is 48.5 Å². The van der Waals surface area contributed by atoms with Crippen LogP contribution >= 0.6 is 0 Å². The molecular formula is C20H19NO3. The predicted molar refractivity (Wildman–Crippen MR) is 94.1 cm³/mol. The second kappa shape index (κ2) is 6.71. The molecule has 0 saturated carbocycles. The lowest BCUT2D eigenvalue weighted by atomic mass is 10.1. The molecule has 0 unspecified atom stereocenters. The summed E-state index contributed by atoms with van der Waals surface area (Å²) in [5, 5.41) is 0. The lowest BCUT2D eigenvalue weighted by molar-refractivity contribution is -0.114. The fourth-order valence-electron chi connectivity index (χ4n) is 2.91. The number of anilines is 1. The minimum atomic E-state index is -0.359. The number of carbonyl (C=O) groups excluding carboxylic acids is 2. The first-order valence-electron chi connectivity index (χ1n) is 7.86. The fourth-order valence-corrected chi connectivity index (χ4v) is 2.91. The van der Waals surface area contributed by atoms with Gasteiger partial charge in [-0.3, -0.25) is 4.79 Å². The molecule has 24 heavy (non-hydrogen) atoms. The number of ether oxygens (including phenoxy) is 1. The van der Waals surface area contributed by atoms with E-state index in [-0.39, 0.29) is 11.9 Å². The molecule has 1 heterocycles. The highest BCUT2D eigenvalue weighted by Crippen LogP contribution is 2.29. The van der Waals surface area contributed by atoms with Crippen LogP contribution in [0.2, 0.25) is 0 Å².